The van der Waals surface area contributed by atoms with Gasteiger partial charge in [0, 0.05) is 47.8 Å². The Bertz CT molecular complexity index is 1770. The van der Waals surface area contributed by atoms with Crippen LogP contribution in [0.1, 0.15) is 37.7 Å². The number of nitrogen functional groups attached to an aromatic ring is 1. The molecule has 5 aliphatic heterocycles. The fourth-order valence-electron chi connectivity index (χ4n) is 7.82. The van der Waals surface area contributed by atoms with Gasteiger partial charge in [0.15, 0.2) is 11.4 Å². The molecule has 9 nitrogen and oxygen atoms in total. The van der Waals surface area contributed by atoms with Crippen molar-refractivity contribution in [3.05, 3.63) is 28.5 Å². The van der Waals surface area contributed by atoms with Crippen LogP contribution < -0.4 is 25.4 Å². The molecule has 0 radical (unpaired) electrons. The number of hydrogen-bond donors (Lipinski definition) is 2. The van der Waals surface area contributed by atoms with Crippen molar-refractivity contribution in [2.45, 2.75) is 68.2 Å². The Hall–Kier alpha value is -3.37. The van der Waals surface area contributed by atoms with Gasteiger partial charge in [-0.2, -0.15) is 36.3 Å². The summed E-state index contributed by atoms with van der Waals surface area (Å²) in [5.41, 5.74) is -0.687. The summed E-state index contributed by atoms with van der Waals surface area (Å²) in [5.74, 6) is -1.18. The second-order valence-electron chi connectivity index (χ2n) is 12.9. The monoisotopic (exact) mass is 674 g/mol. The topological polar surface area (TPSA) is 108 Å². The van der Waals surface area contributed by atoms with Crippen LogP contribution in [-0.4, -0.2) is 71.2 Å². The molecule has 5 fully saturated rings. The molecule has 46 heavy (non-hydrogen) atoms. The lowest BCUT2D eigenvalue weighted by molar-refractivity contribution is -0.278. The summed E-state index contributed by atoms with van der Waals surface area (Å²) in [5, 5.41) is 2.87. The number of benzene rings is 1. The maximum atomic E-state index is 16.6. The number of halogens is 8. The van der Waals surface area contributed by atoms with Gasteiger partial charge < -0.3 is 30.2 Å². The second-order valence-corrected chi connectivity index (χ2v) is 13.3. The average Bonchev–Trinajstić information content (AvgIpc) is 3.64. The number of alkyl halides is 6. The van der Waals surface area contributed by atoms with Crippen molar-refractivity contribution in [1.82, 2.24) is 20.3 Å². The Morgan fingerprint density at radius 3 is 2.59 bits per heavy atom. The molecule has 246 valence electrons. The van der Waals surface area contributed by atoms with Crippen LogP contribution in [0.25, 0.3) is 22.2 Å². The van der Waals surface area contributed by atoms with E-state index < -0.39 is 56.5 Å². The summed E-state index contributed by atoms with van der Waals surface area (Å²) >= 11 is 5.97. The highest BCUT2D eigenvalue weighted by Crippen LogP contribution is 2.64. The Balaban J connectivity index is 1.28. The van der Waals surface area contributed by atoms with Crippen LogP contribution in [0.3, 0.4) is 0 Å². The predicted octanol–water partition coefficient (Wildman–Crippen LogP) is 5.67. The SMILES string of the molecule is Nc1cc(Cl)c(C(F)(F)F)c(-c2nc3c4c(nc(OCC56COC(C(F)(F)F)(C5)C6)nc4c2F)N2C[C@H]4CC[C@H](N4)[C@H]2CCO3)c1. The number of piperazine rings is 1. The van der Waals surface area contributed by atoms with Gasteiger partial charge >= 0.3 is 18.4 Å². The molecule has 4 saturated heterocycles. The Kier molecular flexibility index (Phi) is 6.41. The van der Waals surface area contributed by atoms with Gasteiger partial charge in [-0.15, -0.1) is 0 Å². The van der Waals surface area contributed by atoms with Gasteiger partial charge in [-0.25, -0.2) is 9.37 Å². The van der Waals surface area contributed by atoms with E-state index in [2.05, 4.69) is 20.3 Å². The molecule has 6 aliphatic rings. The average molecular weight is 675 g/mol. The fraction of sp³-hybridized carbons (Fsp3) is 0.552. The molecule has 3 N–H and O–H groups in total. The van der Waals surface area contributed by atoms with Gasteiger partial charge in [-0.05, 0) is 37.8 Å². The minimum Gasteiger partial charge on any atom is -0.477 e. The molecule has 4 bridgehead atoms. The number of nitrogens with one attached hydrogen (secondary N) is 1. The lowest BCUT2D eigenvalue weighted by Crippen LogP contribution is -2.59. The third kappa shape index (κ3) is 4.46. The van der Waals surface area contributed by atoms with Gasteiger partial charge in [0.2, 0.25) is 5.88 Å². The van der Waals surface area contributed by atoms with Gasteiger partial charge in [0.05, 0.1) is 30.4 Å². The zero-order chi connectivity index (χ0) is 32.4. The standard InChI is InChI=1S/C29H26ClF7N6O3/c30-15-6-12(38)5-14(19(15)28(32,33)34)21-20(31)22-18-23(43-7-13-1-2-16(39-13)17(43)3-4-44-24(18)40-21)42-25(41-22)45-10-26-8-27(9-26,46-11-26)29(35,36)37/h5-6,13,16-17,39H,1-4,7-11,38H2/t13-,16+,17-,26?,27?/m1/s1. The van der Waals surface area contributed by atoms with Gasteiger partial charge in [-0.1, -0.05) is 11.6 Å². The molecule has 0 unspecified atom stereocenters. The molecular formula is C29H26ClF7N6O3. The molecule has 17 heteroatoms. The van der Waals surface area contributed by atoms with Crippen molar-refractivity contribution in [3.8, 4) is 23.1 Å². The summed E-state index contributed by atoms with van der Waals surface area (Å²) in [7, 11) is 0. The van der Waals surface area contributed by atoms with Crippen molar-refractivity contribution in [2.24, 2.45) is 5.41 Å². The number of nitrogens with zero attached hydrogens (tertiary/aromatic N) is 4. The summed E-state index contributed by atoms with van der Waals surface area (Å²) < 4.78 is 117. The molecule has 3 atom stereocenters. The second kappa shape index (κ2) is 9.83. The Labute approximate surface area is 261 Å². The summed E-state index contributed by atoms with van der Waals surface area (Å²) in [6.45, 7) is 0.192. The lowest BCUT2D eigenvalue weighted by atomic mass is 9.62. The number of rotatable bonds is 4. The van der Waals surface area contributed by atoms with Crippen LogP contribution in [0, 0.1) is 11.2 Å². The molecule has 1 saturated carbocycles. The zero-order valence-corrected chi connectivity index (χ0v) is 24.6. The molecule has 0 amide bonds. The van der Waals surface area contributed by atoms with E-state index in [-0.39, 0.29) is 79.6 Å². The molecule has 2 aromatic heterocycles. The van der Waals surface area contributed by atoms with E-state index in [0.29, 0.717) is 13.0 Å². The van der Waals surface area contributed by atoms with Crippen LogP contribution >= 0.6 is 11.6 Å². The van der Waals surface area contributed by atoms with E-state index in [1.165, 1.54) is 0 Å². The maximum Gasteiger partial charge on any atom is 0.418 e. The number of nitrogens with two attached hydrogens (primary N) is 1. The number of aromatic nitrogens is 3. The number of anilines is 2. The van der Waals surface area contributed by atoms with E-state index in [1.54, 1.807) is 0 Å². The van der Waals surface area contributed by atoms with E-state index in [1.807, 2.05) is 4.90 Å². The van der Waals surface area contributed by atoms with Crippen molar-refractivity contribution >= 4 is 34.0 Å². The van der Waals surface area contributed by atoms with Crippen LogP contribution in [0.4, 0.5) is 42.2 Å². The zero-order valence-electron chi connectivity index (χ0n) is 23.9. The fourth-order valence-corrected chi connectivity index (χ4v) is 8.16. The summed E-state index contributed by atoms with van der Waals surface area (Å²) in [6.07, 6.45) is -7.85. The minimum atomic E-state index is -4.99. The van der Waals surface area contributed by atoms with Gasteiger partial charge in [0.25, 0.3) is 0 Å². The third-order valence-corrected chi connectivity index (χ3v) is 10.1. The maximum absolute atomic E-state index is 16.6. The molecule has 1 aliphatic carbocycles. The van der Waals surface area contributed by atoms with Crippen LogP contribution in [-0.2, 0) is 10.9 Å². The molecule has 0 spiro atoms. The van der Waals surface area contributed by atoms with E-state index >= 15 is 4.39 Å². The van der Waals surface area contributed by atoms with Crippen molar-refractivity contribution in [2.75, 3.05) is 37.0 Å². The van der Waals surface area contributed by atoms with Crippen molar-refractivity contribution < 1.29 is 44.9 Å². The highest BCUT2D eigenvalue weighted by molar-refractivity contribution is 6.32. The summed E-state index contributed by atoms with van der Waals surface area (Å²) in [4.78, 5) is 15.1. The van der Waals surface area contributed by atoms with Crippen LogP contribution in [0.15, 0.2) is 12.1 Å². The first kappa shape index (κ1) is 30.0. The molecule has 3 aromatic rings. The first-order valence-electron chi connectivity index (χ1n) is 14.7. The van der Waals surface area contributed by atoms with Crippen molar-refractivity contribution in [3.63, 3.8) is 0 Å². The minimum absolute atomic E-state index is 0.0465. The number of ether oxygens (including phenoxy) is 3. The normalized spacial score (nSPS) is 30.0. The smallest absolute Gasteiger partial charge is 0.418 e. The van der Waals surface area contributed by atoms with Gasteiger partial charge in [-0.3, -0.25) is 0 Å². The first-order chi connectivity index (χ1) is 21.7. The highest BCUT2D eigenvalue weighted by Gasteiger charge is 2.74. The number of fused-ring (bicyclic) bond motifs is 6. The Morgan fingerprint density at radius 2 is 1.87 bits per heavy atom. The third-order valence-electron chi connectivity index (χ3n) is 9.85. The van der Waals surface area contributed by atoms with Crippen molar-refractivity contribution in [1.29, 1.82) is 0 Å². The molecule has 7 heterocycles. The van der Waals surface area contributed by atoms with Crippen LogP contribution in [0.2, 0.25) is 5.02 Å². The first-order valence-corrected chi connectivity index (χ1v) is 15.1. The largest absolute Gasteiger partial charge is 0.477 e. The number of hydrogen-bond acceptors (Lipinski definition) is 9. The molecular weight excluding hydrogens is 649 g/mol. The highest BCUT2D eigenvalue weighted by atomic mass is 35.5. The van der Waals surface area contributed by atoms with Crippen LogP contribution in [0.5, 0.6) is 11.9 Å². The number of pyridine rings is 1. The van der Waals surface area contributed by atoms with E-state index in [0.717, 1.165) is 25.0 Å². The predicted molar refractivity (Wildman–Crippen MR) is 150 cm³/mol. The Morgan fingerprint density at radius 1 is 1.09 bits per heavy atom. The summed E-state index contributed by atoms with van der Waals surface area (Å²) in [6, 6.07) is 1.56. The molecule has 9 rings (SSSR count). The van der Waals surface area contributed by atoms with E-state index in [9.17, 15) is 26.3 Å². The van der Waals surface area contributed by atoms with E-state index in [4.69, 9.17) is 31.5 Å². The molecule has 1 aromatic carbocycles. The lowest BCUT2D eigenvalue weighted by Gasteiger charge is -2.44. The van der Waals surface area contributed by atoms with Gasteiger partial charge in [0.1, 0.15) is 22.4 Å². The quantitative estimate of drug-likeness (QED) is 0.268.